The molecule has 0 aromatic heterocycles. The lowest BCUT2D eigenvalue weighted by Crippen LogP contribution is -2.07. The van der Waals surface area contributed by atoms with Gasteiger partial charge in [-0.3, -0.25) is 0 Å². The van der Waals surface area contributed by atoms with Gasteiger partial charge in [0.15, 0.2) is 0 Å². The molecule has 0 heterocycles. The van der Waals surface area contributed by atoms with E-state index in [0.717, 1.165) is 23.4 Å². The molecular weight excluding hydrogens is 206 g/mol. The zero-order valence-electron chi connectivity index (χ0n) is 9.81. The summed E-state index contributed by atoms with van der Waals surface area (Å²) >= 11 is 6.14. The first-order chi connectivity index (χ1) is 6.92. The van der Waals surface area contributed by atoms with Crippen LogP contribution in [0.25, 0.3) is 0 Å². The van der Waals surface area contributed by atoms with Gasteiger partial charge < -0.3 is 5.73 Å². The molecule has 0 saturated heterocycles. The quantitative estimate of drug-likeness (QED) is 0.833. The molecule has 1 aromatic carbocycles. The van der Waals surface area contributed by atoms with Crippen molar-refractivity contribution in [3.8, 4) is 0 Å². The highest BCUT2D eigenvalue weighted by Crippen LogP contribution is 2.25. The van der Waals surface area contributed by atoms with E-state index in [1.54, 1.807) is 0 Å². The molecule has 15 heavy (non-hydrogen) atoms. The molecule has 2 N–H and O–H groups in total. The van der Waals surface area contributed by atoms with Crippen LogP contribution < -0.4 is 5.73 Å². The highest BCUT2D eigenvalue weighted by Gasteiger charge is 2.11. The Morgan fingerprint density at radius 2 is 1.93 bits per heavy atom. The monoisotopic (exact) mass is 225 g/mol. The lowest BCUT2D eigenvalue weighted by atomic mass is 9.88. The fraction of sp³-hybridized carbons (Fsp3) is 0.538. The minimum absolute atomic E-state index is 0.349. The predicted molar refractivity (Wildman–Crippen MR) is 67.1 cm³/mol. The fourth-order valence-electron chi connectivity index (χ4n) is 1.46. The predicted octanol–water partition coefficient (Wildman–Crippen LogP) is 3.78. The zero-order chi connectivity index (χ0) is 11.5. The second kappa shape index (κ2) is 5.00. The minimum atomic E-state index is 0.349. The highest BCUT2D eigenvalue weighted by atomic mass is 35.5. The van der Waals surface area contributed by atoms with Crippen molar-refractivity contribution < 1.29 is 0 Å². The van der Waals surface area contributed by atoms with Gasteiger partial charge in [-0.15, -0.1) is 0 Å². The van der Waals surface area contributed by atoms with Crippen LogP contribution in [0, 0.1) is 5.41 Å². The van der Waals surface area contributed by atoms with Crippen molar-refractivity contribution in [1.29, 1.82) is 0 Å². The van der Waals surface area contributed by atoms with E-state index in [1.165, 1.54) is 5.56 Å². The number of hydrogen-bond donors (Lipinski definition) is 1. The Kier molecular flexibility index (Phi) is 4.18. The summed E-state index contributed by atoms with van der Waals surface area (Å²) in [4.78, 5) is 0. The number of nitrogens with two attached hydrogens (primary N) is 1. The molecule has 0 unspecified atom stereocenters. The highest BCUT2D eigenvalue weighted by molar-refractivity contribution is 6.31. The van der Waals surface area contributed by atoms with Gasteiger partial charge in [0.05, 0.1) is 0 Å². The number of rotatable bonds is 3. The van der Waals surface area contributed by atoms with Gasteiger partial charge in [0.25, 0.3) is 0 Å². The van der Waals surface area contributed by atoms with Crippen molar-refractivity contribution in [3.63, 3.8) is 0 Å². The average Bonchev–Trinajstić information content (AvgIpc) is 2.15. The number of hydrogen-bond acceptors (Lipinski definition) is 1. The van der Waals surface area contributed by atoms with E-state index < -0.39 is 0 Å². The lowest BCUT2D eigenvalue weighted by Gasteiger charge is -2.18. The summed E-state index contributed by atoms with van der Waals surface area (Å²) in [6.45, 7) is 7.31. The first-order valence-corrected chi connectivity index (χ1v) is 5.77. The maximum absolute atomic E-state index is 6.14. The van der Waals surface area contributed by atoms with Crippen LogP contribution in [0.4, 0.5) is 0 Å². The Morgan fingerprint density at radius 1 is 1.27 bits per heavy atom. The Morgan fingerprint density at radius 3 is 2.47 bits per heavy atom. The van der Waals surface area contributed by atoms with Crippen molar-refractivity contribution in [2.75, 3.05) is 0 Å². The summed E-state index contributed by atoms with van der Waals surface area (Å²) in [6, 6.07) is 6.05. The third-order valence-electron chi connectivity index (χ3n) is 2.49. The molecule has 1 aromatic rings. The minimum Gasteiger partial charge on any atom is -0.326 e. The summed E-state index contributed by atoms with van der Waals surface area (Å²) < 4.78 is 0. The van der Waals surface area contributed by atoms with E-state index in [2.05, 4.69) is 26.8 Å². The molecule has 1 nitrogen and oxygen atoms in total. The molecule has 2 heteroatoms. The number of aryl methyl sites for hydroxylation is 1. The van der Waals surface area contributed by atoms with Crippen molar-refractivity contribution in [2.24, 2.45) is 11.1 Å². The van der Waals surface area contributed by atoms with Crippen LogP contribution in [-0.4, -0.2) is 0 Å². The molecule has 0 aliphatic heterocycles. The molecular formula is C13H20ClN. The third kappa shape index (κ3) is 4.23. The topological polar surface area (TPSA) is 26.0 Å². The van der Waals surface area contributed by atoms with Gasteiger partial charge in [-0.05, 0) is 35.4 Å². The Balaban J connectivity index is 2.75. The van der Waals surface area contributed by atoms with Gasteiger partial charge in [0.2, 0.25) is 0 Å². The van der Waals surface area contributed by atoms with E-state index in [9.17, 15) is 0 Å². The van der Waals surface area contributed by atoms with E-state index in [0.29, 0.717) is 12.0 Å². The molecule has 84 valence electrons. The summed E-state index contributed by atoms with van der Waals surface area (Å²) in [5.41, 5.74) is 8.33. The van der Waals surface area contributed by atoms with Crippen LogP contribution in [0.15, 0.2) is 18.2 Å². The first-order valence-electron chi connectivity index (χ1n) is 5.40. The molecule has 0 spiro atoms. The Hall–Kier alpha value is -0.530. The van der Waals surface area contributed by atoms with E-state index in [-0.39, 0.29) is 0 Å². The summed E-state index contributed by atoms with van der Waals surface area (Å²) in [5, 5.41) is 0.858. The molecule has 0 aliphatic rings. The van der Waals surface area contributed by atoms with E-state index >= 15 is 0 Å². The maximum atomic E-state index is 6.14. The molecule has 0 amide bonds. The summed E-state index contributed by atoms with van der Waals surface area (Å²) in [6.07, 6.45) is 2.16. The van der Waals surface area contributed by atoms with Crippen LogP contribution in [-0.2, 0) is 13.0 Å². The summed E-state index contributed by atoms with van der Waals surface area (Å²) in [7, 11) is 0. The molecule has 1 rings (SSSR count). The second-order valence-electron chi connectivity index (χ2n) is 5.19. The molecule has 0 atom stereocenters. The SMILES string of the molecule is CC(C)(C)CCc1cc(CN)ccc1Cl. The number of halogens is 1. The largest absolute Gasteiger partial charge is 0.326 e. The van der Waals surface area contributed by atoms with Crippen LogP contribution in [0.3, 0.4) is 0 Å². The normalized spacial score (nSPS) is 11.8. The second-order valence-corrected chi connectivity index (χ2v) is 5.60. The van der Waals surface area contributed by atoms with Crippen molar-refractivity contribution in [3.05, 3.63) is 34.3 Å². The van der Waals surface area contributed by atoms with E-state index in [4.69, 9.17) is 17.3 Å². The van der Waals surface area contributed by atoms with Gasteiger partial charge in [-0.25, -0.2) is 0 Å². The molecule has 0 radical (unpaired) electrons. The maximum Gasteiger partial charge on any atom is 0.0438 e. The van der Waals surface area contributed by atoms with Gasteiger partial charge in [0, 0.05) is 11.6 Å². The van der Waals surface area contributed by atoms with Crippen molar-refractivity contribution in [2.45, 2.75) is 40.2 Å². The Bertz CT molecular complexity index is 326. The van der Waals surface area contributed by atoms with Gasteiger partial charge in [-0.1, -0.05) is 44.5 Å². The van der Waals surface area contributed by atoms with E-state index in [1.807, 2.05) is 12.1 Å². The van der Waals surface area contributed by atoms with Crippen molar-refractivity contribution in [1.82, 2.24) is 0 Å². The molecule has 0 saturated carbocycles. The van der Waals surface area contributed by atoms with Crippen LogP contribution >= 0.6 is 11.6 Å². The van der Waals surface area contributed by atoms with Gasteiger partial charge >= 0.3 is 0 Å². The average molecular weight is 226 g/mol. The smallest absolute Gasteiger partial charge is 0.0438 e. The lowest BCUT2D eigenvalue weighted by molar-refractivity contribution is 0.378. The summed E-state index contributed by atoms with van der Waals surface area (Å²) in [5.74, 6) is 0. The number of benzene rings is 1. The van der Waals surface area contributed by atoms with Gasteiger partial charge in [-0.2, -0.15) is 0 Å². The molecule has 0 aliphatic carbocycles. The zero-order valence-corrected chi connectivity index (χ0v) is 10.6. The van der Waals surface area contributed by atoms with Crippen LogP contribution in [0.1, 0.15) is 38.3 Å². The van der Waals surface area contributed by atoms with Crippen LogP contribution in [0.2, 0.25) is 5.02 Å². The van der Waals surface area contributed by atoms with Gasteiger partial charge in [0.1, 0.15) is 0 Å². The third-order valence-corrected chi connectivity index (χ3v) is 2.86. The fourth-order valence-corrected chi connectivity index (χ4v) is 1.67. The first kappa shape index (κ1) is 12.5. The van der Waals surface area contributed by atoms with Crippen LogP contribution in [0.5, 0.6) is 0 Å². The molecule has 0 bridgehead atoms. The van der Waals surface area contributed by atoms with Crippen molar-refractivity contribution >= 4 is 11.6 Å². The Labute approximate surface area is 97.6 Å². The standard InChI is InChI=1S/C13H20ClN/c1-13(2,3)7-6-11-8-10(9-15)4-5-12(11)14/h4-5,8H,6-7,9,15H2,1-3H3. The molecule has 0 fully saturated rings.